The van der Waals surface area contributed by atoms with Crippen LogP contribution in [0.3, 0.4) is 0 Å². The van der Waals surface area contributed by atoms with Crippen LogP contribution >= 0.6 is 0 Å². The fraction of sp³-hybridized carbons (Fsp3) is 0.538. The number of hydrogen-bond acceptors (Lipinski definition) is 0. The normalized spacial score (nSPS) is 15.0. The molecule has 0 aliphatic rings. The van der Waals surface area contributed by atoms with Crippen LogP contribution in [0.25, 0.3) is 0 Å². The van der Waals surface area contributed by atoms with E-state index >= 15 is 0 Å². The van der Waals surface area contributed by atoms with Crippen LogP contribution in [-0.2, 0) is 0 Å². The Morgan fingerprint density at radius 3 is 1.71 bits per heavy atom. The average Bonchev–Trinajstić information content (AvgIpc) is 1.92. The summed E-state index contributed by atoms with van der Waals surface area (Å²) in [5.74, 6) is 0. The molecule has 0 aliphatic carbocycles. The van der Waals surface area contributed by atoms with Gasteiger partial charge in [-0.05, 0) is 0 Å². The first-order valence-corrected chi connectivity index (χ1v) is 15.5. The predicted molar refractivity (Wildman–Crippen MR) is 70.2 cm³/mol. The van der Waals surface area contributed by atoms with Crippen molar-refractivity contribution >= 4 is 18.4 Å². The molecule has 0 nitrogen and oxygen atoms in total. The van der Waals surface area contributed by atoms with Crippen LogP contribution in [0.1, 0.15) is 20.8 Å². The van der Waals surface area contributed by atoms with Crippen LogP contribution in [0.15, 0.2) is 34.5 Å². The molecule has 0 aromatic heterocycles. The molecule has 0 N–H and O–H groups in total. The average molecular weight is 299 g/mol. The maximum absolute atomic E-state index is 2.41. The molecular weight excluding hydrogens is 275 g/mol. The summed E-state index contributed by atoms with van der Waals surface area (Å²) >= 11 is -1.67. The molecule has 14 heavy (non-hydrogen) atoms. The Morgan fingerprint density at radius 2 is 1.29 bits per heavy atom. The van der Waals surface area contributed by atoms with E-state index in [1.807, 2.05) is 0 Å². The number of rotatable bonds is 3. The Hall–Kier alpha value is 0.0187. The molecule has 1 heteroatoms. The second-order valence-electron chi connectivity index (χ2n) is 5.84. The van der Waals surface area contributed by atoms with E-state index < -0.39 is 18.4 Å². The quantitative estimate of drug-likeness (QED) is 0.528. The van der Waals surface area contributed by atoms with Crippen molar-refractivity contribution in [1.29, 1.82) is 0 Å². The van der Waals surface area contributed by atoms with E-state index in [-0.39, 0.29) is 5.41 Å². The van der Waals surface area contributed by atoms with Crippen LogP contribution in [0.4, 0.5) is 0 Å². The molecule has 80 valence electrons. The van der Waals surface area contributed by atoms with Crippen LogP contribution in [0.2, 0.25) is 14.8 Å². The third-order valence-corrected chi connectivity index (χ3v) is 4.93. The molecule has 0 aromatic carbocycles. The molecule has 0 saturated carbocycles. The van der Waals surface area contributed by atoms with Gasteiger partial charge in [-0.15, -0.1) is 0 Å². The molecule has 0 aliphatic heterocycles. The first-order valence-electron chi connectivity index (χ1n) is 5.24. The van der Waals surface area contributed by atoms with Gasteiger partial charge in [0.05, 0.1) is 0 Å². The first kappa shape index (κ1) is 14.0. The van der Waals surface area contributed by atoms with Crippen molar-refractivity contribution in [1.82, 2.24) is 0 Å². The number of allylic oxidation sites excluding steroid dienone is 5. The molecule has 0 aromatic rings. The molecule has 0 atom stereocenters. The van der Waals surface area contributed by atoms with Crippen molar-refractivity contribution in [3.05, 3.63) is 34.5 Å². The summed E-state index contributed by atoms with van der Waals surface area (Å²) in [6, 6.07) is 0. The Morgan fingerprint density at radius 1 is 0.786 bits per heavy atom. The zero-order chi connectivity index (χ0) is 11.2. The van der Waals surface area contributed by atoms with E-state index in [9.17, 15) is 0 Å². The summed E-state index contributed by atoms with van der Waals surface area (Å²) in [7, 11) is 0. The third-order valence-electron chi connectivity index (χ3n) is 1.53. The van der Waals surface area contributed by atoms with Crippen molar-refractivity contribution in [2.45, 2.75) is 35.6 Å². The van der Waals surface area contributed by atoms with Crippen molar-refractivity contribution in [3.8, 4) is 0 Å². The van der Waals surface area contributed by atoms with Crippen LogP contribution in [0, 0.1) is 5.41 Å². The second-order valence-corrected chi connectivity index (χ2v) is 20.3. The van der Waals surface area contributed by atoms with Crippen LogP contribution in [0.5, 0.6) is 0 Å². The molecule has 0 bridgehead atoms. The third kappa shape index (κ3) is 12.0. The zero-order valence-corrected chi connectivity index (χ0v) is 13.3. The first-order chi connectivity index (χ1) is 6.21. The van der Waals surface area contributed by atoms with Gasteiger partial charge >= 0.3 is 93.9 Å². The molecule has 0 unspecified atom stereocenters. The van der Waals surface area contributed by atoms with Crippen LogP contribution in [-0.4, -0.2) is 18.4 Å². The summed E-state index contributed by atoms with van der Waals surface area (Å²) in [6.45, 7) is 6.62. The van der Waals surface area contributed by atoms with Crippen molar-refractivity contribution in [3.63, 3.8) is 0 Å². The van der Waals surface area contributed by atoms with E-state index in [2.05, 4.69) is 70.1 Å². The predicted octanol–water partition coefficient (Wildman–Crippen LogP) is 4.58. The Balaban J connectivity index is 3.99. The van der Waals surface area contributed by atoms with Gasteiger partial charge in [0.2, 0.25) is 0 Å². The Bertz CT molecular complexity index is 205. The van der Waals surface area contributed by atoms with E-state index in [0.717, 1.165) is 0 Å². The van der Waals surface area contributed by atoms with Gasteiger partial charge in [-0.1, -0.05) is 0 Å². The minimum absolute atomic E-state index is 0.289. The van der Waals surface area contributed by atoms with Gasteiger partial charge in [-0.3, -0.25) is 0 Å². The van der Waals surface area contributed by atoms with Gasteiger partial charge in [-0.2, -0.15) is 0 Å². The van der Waals surface area contributed by atoms with Crippen molar-refractivity contribution in [2.24, 2.45) is 5.41 Å². The topological polar surface area (TPSA) is 0 Å². The zero-order valence-electron chi connectivity index (χ0n) is 10.5. The molecular formula is C13H24Sn. The maximum atomic E-state index is 2.41. The van der Waals surface area contributed by atoms with Gasteiger partial charge in [0, 0.05) is 0 Å². The van der Waals surface area contributed by atoms with Gasteiger partial charge < -0.3 is 0 Å². The van der Waals surface area contributed by atoms with Crippen molar-refractivity contribution in [2.75, 3.05) is 0 Å². The van der Waals surface area contributed by atoms with E-state index in [1.165, 1.54) is 0 Å². The summed E-state index contributed by atoms with van der Waals surface area (Å²) in [4.78, 5) is 7.22. The summed E-state index contributed by atoms with van der Waals surface area (Å²) in [5, 5.41) is 0. The molecule has 0 amide bonds. The van der Waals surface area contributed by atoms with Gasteiger partial charge in [0.25, 0.3) is 0 Å². The molecule has 0 fully saturated rings. The van der Waals surface area contributed by atoms with E-state index in [4.69, 9.17) is 0 Å². The summed E-state index contributed by atoms with van der Waals surface area (Å²) < 4.78 is 2.41. The van der Waals surface area contributed by atoms with Crippen molar-refractivity contribution < 1.29 is 0 Å². The molecule has 0 spiro atoms. The summed E-state index contributed by atoms with van der Waals surface area (Å²) in [6.07, 6.45) is 10.8. The summed E-state index contributed by atoms with van der Waals surface area (Å²) in [5.41, 5.74) is 0.289. The Labute approximate surface area is 93.7 Å². The monoisotopic (exact) mass is 300 g/mol. The van der Waals surface area contributed by atoms with Crippen LogP contribution < -0.4 is 0 Å². The van der Waals surface area contributed by atoms with Gasteiger partial charge in [0.15, 0.2) is 0 Å². The molecule has 0 heterocycles. The van der Waals surface area contributed by atoms with E-state index in [0.29, 0.717) is 0 Å². The second kappa shape index (κ2) is 5.79. The standard InChI is InChI=1S/C10H15.3CH3.Sn/c1-5-6-7-8-9-10(2,3)4;;;;/h1,5-9H,2-4H3;3*1H3;/b5-1?,7-6+,9-8+;;;;. The van der Waals surface area contributed by atoms with Gasteiger partial charge in [-0.25, -0.2) is 0 Å². The minimum atomic E-state index is -1.67. The SMILES string of the molecule is CC(C)(C)/C=C/C=C/C=[CH]/[Sn]([CH3])([CH3])[CH3]. The van der Waals surface area contributed by atoms with Gasteiger partial charge in [0.1, 0.15) is 0 Å². The molecule has 0 radical (unpaired) electrons. The number of hydrogen-bond donors (Lipinski definition) is 0. The van der Waals surface area contributed by atoms with E-state index in [1.54, 1.807) is 0 Å². The Kier molecular flexibility index (Phi) is 5.80. The fourth-order valence-corrected chi connectivity index (χ4v) is 2.78. The fourth-order valence-electron chi connectivity index (χ4n) is 0.817. The molecule has 0 saturated heterocycles. The molecule has 0 rings (SSSR count).